The minimum atomic E-state index is -0.139. The molecule has 44 valence electrons. The zero-order valence-electron chi connectivity index (χ0n) is 5.70. The largest absolute Gasteiger partial charge is 0.0724 e. The van der Waals surface area contributed by atoms with Gasteiger partial charge >= 0.3 is 0 Å². The van der Waals surface area contributed by atoms with Gasteiger partial charge in [0.15, 0.2) is 0 Å². The molecule has 0 aromatic rings. The van der Waals surface area contributed by atoms with Crippen molar-refractivity contribution in [1.82, 2.24) is 0 Å². The van der Waals surface area contributed by atoms with E-state index in [4.69, 9.17) is 0 Å². The van der Waals surface area contributed by atoms with Crippen molar-refractivity contribution in [3.05, 3.63) is 0 Å². The molecular weight excluding hydrogens is 100 g/mol. The molecule has 0 radical (unpaired) electrons. The van der Waals surface area contributed by atoms with E-state index in [9.17, 15) is 0 Å². The van der Waals surface area contributed by atoms with Crippen molar-refractivity contribution in [1.29, 1.82) is 0 Å². The molecule has 0 bridgehead atoms. The van der Waals surface area contributed by atoms with Crippen molar-refractivity contribution in [2.75, 3.05) is 0 Å². The van der Waals surface area contributed by atoms with Crippen molar-refractivity contribution >= 4 is 8.80 Å². The topological polar surface area (TPSA) is 0 Å². The molecule has 0 spiro atoms. The Morgan fingerprint density at radius 2 is 1.00 bits per heavy atom. The number of rotatable bonds is 0. The van der Waals surface area contributed by atoms with E-state index in [0.717, 1.165) is 0 Å². The van der Waals surface area contributed by atoms with Gasteiger partial charge in [0, 0.05) is 8.80 Å². The maximum Gasteiger partial charge on any atom is 0.0274 e. The Labute approximate surface area is 48.5 Å². The maximum absolute atomic E-state index is 2.31. The first-order valence-corrected chi connectivity index (χ1v) is 6.70. The van der Waals surface area contributed by atoms with Crippen molar-refractivity contribution in [3.8, 4) is 0 Å². The van der Waals surface area contributed by atoms with Gasteiger partial charge in [-0.3, -0.25) is 0 Å². The van der Waals surface area contributed by atoms with Crippen LogP contribution in [0.25, 0.3) is 0 Å². The van der Waals surface area contributed by atoms with Gasteiger partial charge in [0.25, 0.3) is 0 Å². The fourth-order valence-electron chi connectivity index (χ4n) is 0. The lowest BCUT2D eigenvalue weighted by molar-refractivity contribution is 1.50. The van der Waals surface area contributed by atoms with Crippen molar-refractivity contribution < 1.29 is 0 Å². The van der Waals surface area contributed by atoms with Crippen LogP contribution in [0.3, 0.4) is 0 Å². The Hall–Kier alpha value is 0.217. The van der Waals surface area contributed by atoms with Crippen LogP contribution in [0.15, 0.2) is 0 Å². The molecule has 1 saturated carbocycles. The molecule has 1 fully saturated rings. The smallest absolute Gasteiger partial charge is 0.0274 e. The molecule has 1 heteroatoms. The van der Waals surface area contributed by atoms with E-state index >= 15 is 0 Å². The molecule has 0 aromatic heterocycles. The number of hydrogen-bond acceptors (Lipinski definition) is 0. The fourth-order valence-corrected chi connectivity index (χ4v) is 0. The van der Waals surface area contributed by atoms with Gasteiger partial charge in [-0.2, -0.15) is 0 Å². The van der Waals surface area contributed by atoms with Crippen LogP contribution in [0.1, 0.15) is 19.3 Å². The lowest BCUT2D eigenvalue weighted by Gasteiger charge is -1.75. The zero-order valence-corrected chi connectivity index (χ0v) is 6.85. The summed E-state index contributed by atoms with van der Waals surface area (Å²) in [6, 6.07) is 0. The molecule has 7 heavy (non-hydrogen) atoms. The molecule has 0 amide bonds. The van der Waals surface area contributed by atoms with Crippen LogP contribution >= 0.6 is 0 Å². The van der Waals surface area contributed by atoms with Crippen molar-refractivity contribution in [2.45, 2.75) is 38.9 Å². The van der Waals surface area contributed by atoms with E-state index in [1.165, 1.54) is 19.3 Å². The molecule has 0 atom stereocenters. The zero-order chi connectivity index (χ0) is 5.70. The van der Waals surface area contributed by atoms with Crippen molar-refractivity contribution in [3.63, 3.8) is 0 Å². The lowest BCUT2D eigenvalue weighted by Crippen LogP contribution is -1.84. The first-order chi connectivity index (χ1) is 3.23. The van der Waals surface area contributed by atoms with Gasteiger partial charge in [-0.1, -0.05) is 38.9 Å². The first-order valence-electron chi connectivity index (χ1n) is 3.23. The summed E-state index contributed by atoms with van der Waals surface area (Å²) in [5.41, 5.74) is 0. The van der Waals surface area contributed by atoms with E-state index in [1.807, 2.05) is 0 Å². The predicted octanol–water partition coefficient (Wildman–Crippen LogP) is 2.27. The third-order valence-electron chi connectivity index (χ3n) is 0.354. The monoisotopic (exact) mass is 116 g/mol. The van der Waals surface area contributed by atoms with E-state index in [-0.39, 0.29) is 8.80 Å². The highest BCUT2D eigenvalue weighted by molar-refractivity contribution is 6.54. The predicted molar refractivity (Wildman–Crippen MR) is 38.6 cm³/mol. The minimum Gasteiger partial charge on any atom is -0.0724 e. The minimum absolute atomic E-state index is 0.139. The van der Waals surface area contributed by atoms with Crippen LogP contribution in [0.4, 0.5) is 0 Å². The van der Waals surface area contributed by atoms with Gasteiger partial charge in [0.2, 0.25) is 0 Å². The third kappa shape index (κ3) is 74.7. The Bertz CT molecular complexity index is 25.7. The second-order valence-corrected chi connectivity index (χ2v) is 6.26. The molecular formula is C6H16Si. The summed E-state index contributed by atoms with van der Waals surface area (Å²) in [4.78, 5) is 0. The summed E-state index contributed by atoms with van der Waals surface area (Å²) in [6.07, 6.45) is 4.50. The second kappa shape index (κ2) is 4.38. The SMILES string of the molecule is C1CC1.C[SiH](C)C. The Balaban J connectivity index is 0.000000105. The molecule has 0 unspecified atom stereocenters. The average Bonchev–Trinajstić information content (AvgIpc) is 2.02. The molecule has 1 rings (SSSR count). The van der Waals surface area contributed by atoms with Crippen LogP contribution in [-0.4, -0.2) is 8.80 Å². The highest BCUT2D eigenvalue weighted by Crippen LogP contribution is 2.14. The molecule has 0 nitrogen and oxygen atoms in total. The van der Waals surface area contributed by atoms with E-state index in [2.05, 4.69) is 19.6 Å². The van der Waals surface area contributed by atoms with Gasteiger partial charge in [0.05, 0.1) is 0 Å². The summed E-state index contributed by atoms with van der Waals surface area (Å²) in [7, 11) is -0.139. The third-order valence-corrected chi connectivity index (χ3v) is 0.354. The van der Waals surface area contributed by atoms with Gasteiger partial charge in [-0.15, -0.1) is 0 Å². The van der Waals surface area contributed by atoms with E-state index in [1.54, 1.807) is 0 Å². The van der Waals surface area contributed by atoms with Gasteiger partial charge in [0.1, 0.15) is 0 Å². The Kier molecular flexibility index (Phi) is 4.51. The molecule has 1 aliphatic carbocycles. The number of hydrogen-bond donors (Lipinski definition) is 0. The Morgan fingerprint density at radius 3 is 1.00 bits per heavy atom. The summed E-state index contributed by atoms with van der Waals surface area (Å²) < 4.78 is 0. The van der Waals surface area contributed by atoms with E-state index < -0.39 is 0 Å². The summed E-state index contributed by atoms with van der Waals surface area (Å²) in [5, 5.41) is 0. The van der Waals surface area contributed by atoms with Crippen LogP contribution in [-0.2, 0) is 0 Å². The van der Waals surface area contributed by atoms with Gasteiger partial charge < -0.3 is 0 Å². The maximum atomic E-state index is 2.31. The Morgan fingerprint density at radius 1 is 0.857 bits per heavy atom. The van der Waals surface area contributed by atoms with Crippen LogP contribution in [0.2, 0.25) is 19.6 Å². The summed E-state index contributed by atoms with van der Waals surface area (Å²) in [6.45, 7) is 6.92. The van der Waals surface area contributed by atoms with Crippen LogP contribution < -0.4 is 0 Å². The first kappa shape index (κ1) is 7.22. The molecule has 0 N–H and O–H groups in total. The summed E-state index contributed by atoms with van der Waals surface area (Å²) >= 11 is 0. The molecule has 0 saturated heterocycles. The highest BCUT2D eigenvalue weighted by atomic mass is 28.3. The van der Waals surface area contributed by atoms with Gasteiger partial charge in [-0.05, 0) is 0 Å². The lowest BCUT2D eigenvalue weighted by atomic mass is 11.0. The van der Waals surface area contributed by atoms with Crippen molar-refractivity contribution in [2.24, 2.45) is 0 Å². The van der Waals surface area contributed by atoms with E-state index in [0.29, 0.717) is 0 Å². The van der Waals surface area contributed by atoms with Gasteiger partial charge in [-0.25, -0.2) is 0 Å². The normalized spacial score (nSPS) is 15.4. The quantitative estimate of drug-likeness (QED) is 0.426. The van der Waals surface area contributed by atoms with Crippen LogP contribution in [0.5, 0.6) is 0 Å². The second-order valence-electron chi connectivity index (χ2n) is 2.79. The van der Waals surface area contributed by atoms with Crippen LogP contribution in [0, 0.1) is 0 Å². The molecule has 1 aliphatic rings. The standard InChI is InChI=1S/C3H10Si.C3H6/c1-4(2)3;1-2-3-1/h4H,1-3H3;1-3H2. The summed E-state index contributed by atoms with van der Waals surface area (Å²) in [5.74, 6) is 0. The highest BCUT2D eigenvalue weighted by Gasteiger charge is 1.95. The molecule has 0 aromatic carbocycles. The molecule has 0 aliphatic heterocycles. The fraction of sp³-hybridized carbons (Fsp3) is 1.00. The molecule has 0 heterocycles. The average molecular weight is 116 g/mol.